The fraction of sp³-hybridized carbons (Fsp3) is 0.333. The van der Waals surface area contributed by atoms with E-state index in [1.807, 2.05) is 0 Å². The molecule has 2 unspecified atom stereocenters. The largest absolute Gasteiger partial charge is 0.512 e. The number of nitrogen functional groups attached to an aromatic ring is 1. The number of thioether (sulfide) groups is 2. The lowest BCUT2D eigenvalue weighted by atomic mass is 10.1. The highest BCUT2D eigenvalue weighted by Gasteiger charge is 2.54. The van der Waals surface area contributed by atoms with E-state index in [0.29, 0.717) is 16.5 Å². The van der Waals surface area contributed by atoms with E-state index in [2.05, 4.69) is 25.8 Å². The molecule has 0 saturated carbocycles. The molecule has 4 heterocycles. The van der Waals surface area contributed by atoms with Crippen LogP contribution in [0.3, 0.4) is 0 Å². The van der Waals surface area contributed by atoms with Crippen molar-refractivity contribution in [2.24, 2.45) is 7.05 Å². The van der Waals surface area contributed by atoms with Gasteiger partial charge in [-0.1, -0.05) is 11.8 Å². The number of aryl methyl sites for hydroxylation is 1. The quantitative estimate of drug-likeness (QED) is 0.146. The number of carboxylic acid groups (broad SMARTS) is 1. The molecule has 0 radical (unpaired) electrons. The molecule has 2 aromatic rings. The third kappa shape index (κ3) is 4.13. The second-order valence-corrected chi connectivity index (χ2v) is 9.35. The zero-order valence-corrected chi connectivity index (χ0v) is 18.6. The van der Waals surface area contributed by atoms with Gasteiger partial charge in [-0.3, -0.25) is 19.3 Å². The van der Waals surface area contributed by atoms with E-state index in [0.717, 1.165) is 16.2 Å². The molecule has 4 rings (SSSR count). The summed E-state index contributed by atoms with van der Waals surface area (Å²) in [5.74, 6) is -2.02. The number of tetrazole rings is 1. The highest BCUT2D eigenvalue weighted by Crippen LogP contribution is 2.41. The van der Waals surface area contributed by atoms with Crippen LogP contribution in [-0.4, -0.2) is 81.9 Å². The number of nitrogens with zero attached hydrogens (tertiary/aromatic N) is 6. The summed E-state index contributed by atoms with van der Waals surface area (Å²) in [5, 5.41) is 24.0. The summed E-state index contributed by atoms with van der Waals surface area (Å²) in [6, 6.07) is -1.02. The van der Waals surface area contributed by atoms with Crippen LogP contribution in [0.2, 0.25) is 0 Å². The molecule has 1 fully saturated rings. The number of carbonyl (C=O) groups excluding carboxylic acids is 3. The van der Waals surface area contributed by atoms with Crippen molar-refractivity contribution in [2.45, 2.75) is 16.6 Å². The molecule has 0 aromatic carbocycles. The lowest BCUT2D eigenvalue weighted by molar-refractivity contribution is -0.148. The van der Waals surface area contributed by atoms with E-state index in [-0.39, 0.29) is 22.5 Å². The molecule has 0 aliphatic carbocycles. The number of hydrogen-bond acceptors (Lipinski definition) is 13. The van der Waals surface area contributed by atoms with Crippen molar-refractivity contribution in [3.05, 3.63) is 22.5 Å². The second kappa shape index (κ2) is 8.75. The summed E-state index contributed by atoms with van der Waals surface area (Å²) in [4.78, 5) is 53.3. The Labute approximate surface area is 191 Å². The SMILES string of the molecule is Cn1nnnc1SCC1=C(OC(=O)O)N2C(=O)C(NC(=O)C(=O)c3csc(N)n3)C2SC1. The standard InChI is InChI=1S/C15H14N8O6S3/c1-22-14(19-20-21-22)32-3-5-2-30-12-7(10(26)23(12)11(5)29-15(27)28)18-9(25)8(24)6-4-31-13(16)17-6/h4,7,12H,2-3H2,1H3,(H2,16,17)(H,18,25)(H,27,28). The number of fused-ring (bicyclic) bond motifs is 1. The molecule has 17 heteroatoms. The Morgan fingerprint density at radius 3 is 2.84 bits per heavy atom. The van der Waals surface area contributed by atoms with Crippen molar-refractivity contribution in [2.75, 3.05) is 17.2 Å². The lowest BCUT2D eigenvalue weighted by Gasteiger charge is -2.49. The summed E-state index contributed by atoms with van der Waals surface area (Å²) in [5.41, 5.74) is 5.91. The number of Topliss-reactive ketones (excluding diaryl/α,β-unsaturated/α-hetero) is 1. The number of amides is 2. The average Bonchev–Trinajstić information content (AvgIpc) is 3.37. The summed E-state index contributed by atoms with van der Waals surface area (Å²) in [6.45, 7) is 0. The van der Waals surface area contributed by atoms with Gasteiger partial charge in [0.2, 0.25) is 11.0 Å². The number of carbonyl (C=O) groups is 4. The molecule has 2 aromatic heterocycles. The first-order chi connectivity index (χ1) is 15.3. The maximum atomic E-state index is 12.7. The van der Waals surface area contributed by atoms with Crippen LogP contribution >= 0.6 is 34.9 Å². The highest BCUT2D eigenvalue weighted by atomic mass is 32.2. The molecule has 0 bridgehead atoms. The van der Waals surface area contributed by atoms with Crippen LogP contribution < -0.4 is 11.1 Å². The fourth-order valence-corrected chi connectivity index (χ4v) is 5.76. The zero-order chi connectivity index (χ0) is 23.0. The van der Waals surface area contributed by atoms with E-state index in [9.17, 15) is 19.2 Å². The summed E-state index contributed by atoms with van der Waals surface area (Å²) in [7, 11) is 1.66. The van der Waals surface area contributed by atoms with Gasteiger partial charge in [-0.15, -0.1) is 28.2 Å². The van der Waals surface area contributed by atoms with E-state index >= 15 is 0 Å². The zero-order valence-electron chi connectivity index (χ0n) is 16.1. The number of nitrogens with two attached hydrogens (primary N) is 1. The first-order valence-corrected chi connectivity index (χ1v) is 11.7. The molecule has 2 amide bonds. The Bertz CT molecular complexity index is 1150. The van der Waals surface area contributed by atoms with Crippen molar-refractivity contribution >= 4 is 63.7 Å². The Morgan fingerprint density at radius 2 is 2.22 bits per heavy atom. The summed E-state index contributed by atoms with van der Waals surface area (Å²) < 4.78 is 6.35. The molecule has 2 aliphatic heterocycles. The number of aromatic nitrogens is 5. The molecule has 14 nitrogen and oxygen atoms in total. The van der Waals surface area contributed by atoms with Gasteiger partial charge >= 0.3 is 6.16 Å². The molecular formula is C15H14N8O6S3. The molecule has 2 aliphatic rings. The lowest BCUT2D eigenvalue weighted by Crippen LogP contribution is -2.70. The van der Waals surface area contributed by atoms with Gasteiger partial charge in [0.15, 0.2) is 5.13 Å². The van der Waals surface area contributed by atoms with Gasteiger partial charge in [0.25, 0.3) is 17.6 Å². The predicted octanol–water partition coefficient (Wildman–Crippen LogP) is -0.470. The maximum absolute atomic E-state index is 12.7. The van der Waals surface area contributed by atoms with Crippen molar-refractivity contribution in [3.8, 4) is 0 Å². The van der Waals surface area contributed by atoms with Crippen LogP contribution in [0, 0.1) is 0 Å². The van der Waals surface area contributed by atoms with Crippen LogP contribution in [0.15, 0.2) is 22.0 Å². The first kappa shape index (κ1) is 22.0. The van der Waals surface area contributed by atoms with Crippen LogP contribution in [0.1, 0.15) is 10.5 Å². The van der Waals surface area contributed by atoms with Crippen LogP contribution in [-0.2, 0) is 21.4 Å². The van der Waals surface area contributed by atoms with Crippen LogP contribution in [0.4, 0.5) is 9.93 Å². The number of rotatable bonds is 7. The number of nitrogens with one attached hydrogen (secondary N) is 1. The number of ketones is 1. The second-order valence-electron chi connectivity index (χ2n) is 6.41. The van der Waals surface area contributed by atoms with Gasteiger partial charge < -0.3 is 20.9 Å². The molecular weight excluding hydrogens is 484 g/mol. The van der Waals surface area contributed by atoms with E-state index < -0.39 is 35.2 Å². The molecule has 1 saturated heterocycles. The van der Waals surface area contributed by atoms with E-state index in [4.69, 9.17) is 15.6 Å². The molecule has 2 atom stereocenters. The average molecular weight is 499 g/mol. The fourth-order valence-electron chi connectivity index (χ4n) is 2.92. The van der Waals surface area contributed by atoms with Gasteiger partial charge in [0, 0.05) is 29.5 Å². The smallest absolute Gasteiger partial charge is 0.449 e. The third-order valence-electron chi connectivity index (χ3n) is 4.38. The van der Waals surface area contributed by atoms with Gasteiger partial charge in [-0.25, -0.2) is 14.5 Å². The molecule has 4 N–H and O–H groups in total. The van der Waals surface area contributed by atoms with E-state index in [1.165, 1.54) is 33.6 Å². The summed E-state index contributed by atoms with van der Waals surface area (Å²) >= 11 is 3.56. The predicted molar refractivity (Wildman–Crippen MR) is 112 cm³/mol. The van der Waals surface area contributed by atoms with Gasteiger partial charge in [-0.05, 0) is 10.4 Å². The Hall–Kier alpha value is -3.18. The number of β-lactam (4-membered cyclic amide) rings is 1. The van der Waals surface area contributed by atoms with Gasteiger partial charge in [-0.2, -0.15) is 0 Å². The van der Waals surface area contributed by atoms with Crippen LogP contribution in [0.25, 0.3) is 0 Å². The first-order valence-electron chi connectivity index (χ1n) is 8.75. The Kier molecular flexibility index (Phi) is 6.02. The summed E-state index contributed by atoms with van der Waals surface area (Å²) in [6.07, 6.45) is -1.58. The van der Waals surface area contributed by atoms with Gasteiger partial charge in [0.1, 0.15) is 17.1 Å². The molecule has 168 valence electrons. The van der Waals surface area contributed by atoms with Crippen molar-refractivity contribution in [1.82, 2.24) is 35.4 Å². The van der Waals surface area contributed by atoms with Gasteiger partial charge in [0.05, 0.1) is 0 Å². The minimum absolute atomic E-state index is 0.113. The van der Waals surface area contributed by atoms with Crippen molar-refractivity contribution in [1.29, 1.82) is 0 Å². The van der Waals surface area contributed by atoms with Crippen molar-refractivity contribution in [3.63, 3.8) is 0 Å². The number of anilines is 1. The van der Waals surface area contributed by atoms with Crippen molar-refractivity contribution < 1.29 is 29.0 Å². The third-order valence-corrected chi connectivity index (χ3v) is 7.49. The topological polar surface area (TPSA) is 196 Å². The highest BCUT2D eigenvalue weighted by molar-refractivity contribution is 8.01. The monoisotopic (exact) mass is 498 g/mol. The number of ether oxygens (including phenoxy) is 1. The normalized spacial score (nSPS) is 19.9. The molecule has 32 heavy (non-hydrogen) atoms. The minimum atomic E-state index is -1.58. The van der Waals surface area contributed by atoms with Crippen LogP contribution in [0.5, 0.6) is 0 Å². The Morgan fingerprint density at radius 1 is 1.44 bits per heavy atom. The Balaban J connectivity index is 1.47. The van der Waals surface area contributed by atoms with E-state index in [1.54, 1.807) is 7.05 Å². The molecule has 0 spiro atoms. The minimum Gasteiger partial charge on any atom is -0.449 e. The maximum Gasteiger partial charge on any atom is 0.512 e. The number of thiazole rings is 1. The number of hydrogen-bond donors (Lipinski definition) is 3.